The van der Waals surface area contributed by atoms with Crippen LogP contribution in [0, 0.1) is 5.82 Å². The monoisotopic (exact) mass is 363 g/mol. The van der Waals surface area contributed by atoms with Crippen molar-refractivity contribution in [2.75, 3.05) is 25.0 Å². The Hall–Kier alpha value is -2.95. The third-order valence-electron chi connectivity index (χ3n) is 4.89. The molecule has 1 aliphatic rings. The molecule has 0 saturated carbocycles. The molecule has 1 aromatic carbocycles. The molecule has 27 heavy (non-hydrogen) atoms. The van der Waals surface area contributed by atoms with Gasteiger partial charge in [-0.3, -0.25) is 4.99 Å². The van der Waals surface area contributed by atoms with Crippen LogP contribution in [0.2, 0.25) is 0 Å². The number of aliphatic imine (C=N–C) groups is 1. The number of aromatic nitrogens is 1. The van der Waals surface area contributed by atoms with E-state index in [2.05, 4.69) is 9.89 Å². The fourth-order valence-corrected chi connectivity index (χ4v) is 3.60. The van der Waals surface area contributed by atoms with E-state index in [0.29, 0.717) is 17.0 Å². The number of halogens is 1. The van der Waals surface area contributed by atoms with Crippen molar-refractivity contribution in [3.8, 4) is 22.6 Å². The largest absolute Gasteiger partial charge is 0.463 e. The molecule has 3 aromatic rings. The van der Waals surface area contributed by atoms with E-state index in [9.17, 15) is 4.39 Å². The van der Waals surface area contributed by atoms with Gasteiger partial charge in [-0.2, -0.15) is 0 Å². The molecule has 0 atom stereocenters. The average Bonchev–Trinajstić information content (AvgIpc) is 3.24. The van der Waals surface area contributed by atoms with Crippen LogP contribution in [0.5, 0.6) is 0 Å². The van der Waals surface area contributed by atoms with E-state index in [1.54, 1.807) is 31.7 Å². The molecule has 0 N–H and O–H groups in total. The molecule has 0 aliphatic carbocycles. The van der Waals surface area contributed by atoms with Gasteiger partial charge >= 0.3 is 0 Å². The number of hydrogen-bond donors (Lipinski definition) is 0. The highest BCUT2D eigenvalue weighted by Crippen LogP contribution is 2.35. The lowest BCUT2D eigenvalue weighted by Crippen LogP contribution is -2.31. The van der Waals surface area contributed by atoms with Gasteiger partial charge in [-0.05, 0) is 49.1 Å². The first kappa shape index (κ1) is 17.5. The zero-order chi connectivity index (χ0) is 18.6. The van der Waals surface area contributed by atoms with Crippen molar-refractivity contribution in [2.45, 2.75) is 19.3 Å². The number of piperidine rings is 1. The van der Waals surface area contributed by atoms with Gasteiger partial charge in [0, 0.05) is 37.5 Å². The molecule has 0 radical (unpaired) electrons. The molecule has 0 amide bonds. The van der Waals surface area contributed by atoms with Crippen molar-refractivity contribution in [3.05, 3.63) is 60.1 Å². The van der Waals surface area contributed by atoms with Crippen LogP contribution in [0.25, 0.3) is 22.6 Å². The van der Waals surface area contributed by atoms with Gasteiger partial charge in [-0.1, -0.05) is 18.2 Å². The standard InChI is InChI=1S/C22H22FN3O/c1-24-15-18-17(16-8-3-4-9-19(16)23)14-20(21-10-7-13-27-21)25-22(18)26-11-5-2-6-12-26/h3-4,7-10,13-15H,2,5-6,11-12H2,1H3. The topological polar surface area (TPSA) is 41.6 Å². The predicted octanol–water partition coefficient (Wildman–Crippen LogP) is 5.19. The minimum Gasteiger partial charge on any atom is -0.463 e. The van der Waals surface area contributed by atoms with Crippen molar-refractivity contribution in [3.63, 3.8) is 0 Å². The second-order valence-corrected chi connectivity index (χ2v) is 6.68. The van der Waals surface area contributed by atoms with Crippen LogP contribution in [0.1, 0.15) is 24.8 Å². The Morgan fingerprint density at radius 3 is 2.59 bits per heavy atom. The maximum Gasteiger partial charge on any atom is 0.152 e. The number of benzene rings is 1. The number of rotatable bonds is 4. The second-order valence-electron chi connectivity index (χ2n) is 6.68. The predicted molar refractivity (Wildman–Crippen MR) is 107 cm³/mol. The first-order valence-electron chi connectivity index (χ1n) is 9.29. The van der Waals surface area contributed by atoms with Gasteiger partial charge in [-0.25, -0.2) is 9.37 Å². The normalized spacial score (nSPS) is 14.8. The third-order valence-corrected chi connectivity index (χ3v) is 4.89. The van der Waals surface area contributed by atoms with Gasteiger partial charge in [0.2, 0.25) is 0 Å². The van der Waals surface area contributed by atoms with E-state index >= 15 is 0 Å². The molecule has 0 unspecified atom stereocenters. The van der Waals surface area contributed by atoms with Crippen molar-refractivity contribution >= 4 is 12.0 Å². The van der Waals surface area contributed by atoms with Crippen molar-refractivity contribution in [1.82, 2.24) is 4.98 Å². The van der Waals surface area contributed by atoms with Crippen LogP contribution in [0.4, 0.5) is 10.2 Å². The molecule has 5 heteroatoms. The lowest BCUT2D eigenvalue weighted by atomic mass is 9.98. The summed E-state index contributed by atoms with van der Waals surface area (Å²) in [6, 6.07) is 12.4. The van der Waals surface area contributed by atoms with E-state index in [4.69, 9.17) is 9.40 Å². The molecule has 1 saturated heterocycles. The van der Waals surface area contributed by atoms with Crippen molar-refractivity contribution < 1.29 is 8.81 Å². The summed E-state index contributed by atoms with van der Waals surface area (Å²) in [7, 11) is 1.73. The Kier molecular flexibility index (Phi) is 5.01. The van der Waals surface area contributed by atoms with Gasteiger partial charge in [0.25, 0.3) is 0 Å². The summed E-state index contributed by atoms with van der Waals surface area (Å²) in [5.74, 6) is 1.25. The average molecular weight is 363 g/mol. The van der Waals surface area contributed by atoms with Crippen molar-refractivity contribution in [2.24, 2.45) is 4.99 Å². The SMILES string of the molecule is CN=Cc1c(-c2ccccc2F)cc(-c2ccco2)nc1N1CCCCC1. The molecule has 2 aromatic heterocycles. The van der Waals surface area contributed by atoms with Gasteiger partial charge < -0.3 is 9.32 Å². The van der Waals surface area contributed by atoms with E-state index in [1.165, 1.54) is 12.5 Å². The fraction of sp³-hybridized carbons (Fsp3) is 0.273. The molecule has 138 valence electrons. The summed E-state index contributed by atoms with van der Waals surface area (Å²) in [6.45, 7) is 1.88. The summed E-state index contributed by atoms with van der Waals surface area (Å²) in [5, 5.41) is 0. The van der Waals surface area contributed by atoms with E-state index in [1.807, 2.05) is 24.3 Å². The zero-order valence-electron chi connectivity index (χ0n) is 15.4. The molecule has 0 spiro atoms. The minimum atomic E-state index is -0.260. The Balaban J connectivity index is 1.97. The summed E-state index contributed by atoms with van der Waals surface area (Å²) >= 11 is 0. The minimum absolute atomic E-state index is 0.260. The lowest BCUT2D eigenvalue weighted by molar-refractivity contribution is 0.569. The molecule has 4 rings (SSSR count). The van der Waals surface area contributed by atoms with E-state index < -0.39 is 0 Å². The highest BCUT2D eigenvalue weighted by atomic mass is 19.1. The smallest absolute Gasteiger partial charge is 0.152 e. The molecule has 4 nitrogen and oxygen atoms in total. The third kappa shape index (κ3) is 3.50. The van der Waals surface area contributed by atoms with E-state index in [-0.39, 0.29) is 5.82 Å². The Morgan fingerprint density at radius 2 is 1.89 bits per heavy atom. The Morgan fingerprint density at radius 1 is 1.07 bits per heavy atom. The summed E-state index contributed by atoms with van der Waals surface area (Å²) in [4.78, 5) is 11.4. The van der Waals surface area contributed by atoms with Crippen molar-refractivity contribution in [1.29, 1.82) is 0 Å². The highest BCUT2D eigenvalue weighted by molar-refractivity contribution is 5.97. The fourth-order valence-electron chi connectivity index (χ4n) is 3.60. The van der Waals surface area contributed by atoms with Crippen LogP contribution in [0.3, 0.4) is 0 Å². The molecule has 1 fully saturated rings. The Bertz CT molecular complexity index is 944. The van der Waals surface area contributed by atoms with E-state index in [0.717, 1.165) is 42.9 Å². The van der Waals surface area contributed by atoms with Crippen LogP contribution in [0.15, 0.2) is 58.1 Å². The van der Waals surface area contributed by atoms with Crippen LogP contribution >= 0.6 is 0 Å². The molecule has 0 bridgehead atoms. The van der Waals surface area contributed by atoms with Gasteiger partial charge in [-0.15, -0.1) is 0 Å². The number of nitrogens with zero attached hydrogens (tertiary/aromatic N) is 3. The molecular formula is C22H22FN3O. The van der Waals surface area contributed by atoms with Gasteiger partial charge in [0.15, 0.2) is 5.76 Å². The number of hydrogen-bond acceptors (Lipinski definition) is 4. The van der Waals surface area contributed by atoms with Crippen LogP contribution in [-0.2, 0) is 0 Å². The second kappa shape index (κ2) is 7.74. The van der Waals surface area contributed by atoms with Gasteiger partial charge in [0.1, 0.15) is 17.3 Å². The number of furan rings is 1. The maximum absolute atomic E-state index is 14.6. The highest BCUT2D eigenvalue weighted by Gasteiger charge is 2.22. The number of pyridine rings is 1. The van der Waals surface area contributed by atoms with Gasteiger partial charge in [0.05, 0.1) is 6.26 Å². The zero-order valence-corrected chi connectivity index (χ0v) is 15.4. The first-order valence-corrected chi connectivity index (χ1v) is 9.29. The molecule has 3 heterocycles. The maximum atomic E-state index is 14.6. The molecular weight excluding hydrogens is 341 g/mol. The molecule has 1 aliphatic heterocycles. The first-order chi connectivity index (χ1) is 13.3. The summed E-state index contributed by atoms with van der Waals surface area (Å²) in [5.41, 5.74) is 2.87. The Labute approximate surface area is 158 Å². The van der Waals surface area contributed by atoms with Crippen LogP contribution in [-0.4, -0.2) is 31.3 Å². The van der Waals surface area contributed by atoms with Crippen LogP contribution < -0.4 is 4.90 Å². The number of anilines is 1. The quantitative estimate of drug-likeness (QED) is 0.599. The lowest BCUT2D eigenvalue weighted by Gasteiger charge is -2.30. The summed E-state index contributed by atoms with van der Waals surface area (Å²) < 4.78 is 20.2. The summed E-state index contributed by atoms with van der Waals surface area (Å²) in [6.07, 6.45) is 6.90.